The van der Waals surface area contributed by atoms with Gasteiger partial charge >= 0.3 is 0 Å². The summed E-state index contributed by atoms with van der Waals surface area (Å²) in [5.74, 6) is 0. The summed E-state index contributed by atoms with van der Waals surface area (Å²) in [5.41, 5.74) is -0.154. The van der Waals surface area contributed by atoms with Gasteiger partial charge in [-0.05, 0) is 20.8 Å². The summed E-state index contributed by atoms with van der Waals surface area (Å²) < 4.78 is 36.3. The maximum absolute atomic E-state index is 12.2. The van der Waals surface area contributed by atoms with E-state index in [1.165, 1.54) is 20.0 Å². The Morgan fingerprint density at radius 2 is 1.23 bits per heavy atom. The lowest BCUT2D eigenvalue weighted by Gasteiger charge is -2.37. The monoisotopic (exact) mass is 490 g/mol. The molecule has 0 aromatic carbocycles. The summed E-state index contributed by atoms with van der Waals surface area (Å²) in [4.78, 5) is 35.5. The molecular weight excluding hydrogens is 449 g/mol. The van der Waals surface area contributed by atoms with Gasteiger partial charge in [-0.15, -0.1) is 0 Å². The van der Waals surface area contributed by atoms with Gasteiger partial charge in [-0.1, -0.05) is 0 Å². The van der Waals surface area contributed by atoms with Crippen molar-refractivity contribution in [3.05, 3.63) is 0 Å². The SMILES string of the molecule is CC(C)(C)NC[C@H]1CN(CP(C)(=O)O)CCN(CP(C)(=O)O)CCN1CP(C)(=O)O. The predicted molar refractivity (Wildman–Crippen MR) is 123 cm³/mol. The van der Waals surface area contributed by atoms with Crippen molar-refractivity contribution in [3.8, 4) is 0 Å². The van der Waals surface area contributed by atoms with Crippen LogP contribution < -0.4 is 5.32 Å². The molecule has 4 N–H and O–H groups in total. The average Bonchev–Trinajstić information content (AvgIpc) is 2.53. The van der Waals surface area contributed by atoms with Crippen LogP contribution in [0.3, 0.4) is 0 Å². The third kappa shape index (κ3) is 13.7. The second-order valence-electron chi connectivity index (χ2n) is 9.87. The zero-order valence-electron chi connectivity index (χ0n) is 19.2. The Bertz CT molecular complexity index is 683. The van der Waals surface area contributed by atoms with E-state index < -0.39 is 22.1 Å². The maximum Gasteiger partial charge on any atom is 0.211 e. The van der Waals surface area contributed by atoms with Crippen LogP contribution in [0.1, 0.15) is 20.8 Å². The van der Waals surface area contributed by atoms with Crippen LogP contribution in [0.25, 0.3) is 0 Å². The zero-order chi connectivity index (χ0) is 23.4. The molecule has 0 aromatic heterocycles. The molecule has 0 spiro atoms. The van der Waals surface area contributed by atoms with Gasteiger partial charge in [0.2, 0.25) is 22.1 Å². The molecule has 1 aliphatic heterocycles. The molecule has 0 aliphatic carbocycles. The average molecular weight is 490 g/mol. The van der Waals surface area contributed by atoms with Gasteiger partial charge in [-0.3, -0.25) is 28.4 Å². The van der Waals surface area contributed by atoms with Crippen molar-refractivity contribution < 1.29 is 28.4 Å². The van der Waals surface area contributed by atoms with E-state index in [0.29, 0.717) is 39.3 Å². The van der Waals surface area contributed by atoms with Gasteiger partial charge in [0.1, 0.15) is 0 Å². The summed E-state index contributed by atoms with van der Waals surface area (Å²) in [6, 6.07) is -0.154. The van der Waals surface area contributed by atoms with Crippen LogP contribution >= 0.6 is 22.1 Å². The minimum Gasteiger partial charge on any atom is -0.344 e. The van der Waals surface area contributed by atoms with Crippen LogP contribution in [0.2, 0.25) is 0 Å². The van der Waals surface area contributed by atoms with Gasteiger partial charge < -0.3 is 20.0 Å². The first kappa shape index (κ1) is 28.4. The summed E-state index contributed by atoms with van der Waals surface area (Å²) in [6.45, 7) is 13.0. The highest BCUT2D eigenvalue weighted by atomic mass is 31.2. The van der Waals surface area contributed by atoms with E-state index in [1.54, 1.807) is 0 Å². The number of rotatable bonds is 8. The Hall–Kier alpha value is 0.410. The third-order valence-electron chi connectivity index (χ3n) is 4.66. The smallest absolute Gasteiger partial charge is 0.211 e. The quantitative estimate of drug-likeness (QED) is 0.368. The standard InChI is InChI=1S/C17H41N4O6P3/c1-17(2,3)18-11-16-12-20(14-29(5,24)25)8-7-19(13-28(4,22)23)9-10-21(16)15-30(6,26)27/h16,18H,7-15H2,1-6H3,(H,22,23)(H,24,25)(H,26,27)/t16-/m0/s1. The van der Waals surface area contributed by atoms with Gasteiger partial charge in [0.05, 0.1) is 18.9 Å². The molecule has 4 atom stereocenters. The van der Waals surface area contributed by atoms with Gasteiger partial charge in [0.15, 0.2) is 0 Å². The lowest BCUT2D eigenvalue weighted by atomic mass is 10.1. The van der Waals surface area contributed by atoms with Crippen LogP contribution in [-0.2, 0) is 13.7 Å². The Morgan fingerprint density at radius 1 is 0.800 bits per heavy atom. The molecule has 1 aliphatic rings. The van der Waals surface area contributed by atoms with Crippen molar-refractivity contribution in [1.29, 1.82) is 0 Å². The van der Waals surface area contributed by atoms with Gasteiger partial charge in [-0.25, -0.2) is 0 Å². The fourth-order valence-electron chi connectivity index (χ4n) is 3.50. The van der Waals surface area contributed by atoms with Crippen LogP contribution in [0, 0.1) is 0 Å². The van der Waals surface area contributed by atoms with E-state index >= 15 is 0 Å². The van der Waals surface area contributed by atoms with E-state index in [9.17, 15) is 28.4 Å². The van der Waals surface area contributed by atoms with Crippen molar-refractivity contribution in [1.82, 2.24) is 20.0 Å². The molecule has 3 unspecified atom stereocenters. The topological polar surface area (TPSA) is 134 Å². The lowest BCUT2D eigenvalue weighted by Crippen LogP contribution is -2.53. The number of hydrogen-bond donors (Lipinski definition) is 4. The summed E-state index contributed by atoms with van der Waals surface area (Å²) >= 11 is 0. The molecule has 0 saturated carbocycles. The van der Waals surface area contributed by atoms with Crippen molar-refractivity contribution >= 4 is 22.1 Å². The first-order valence-electron chi connectivity index (χ1n) is 10.1. The second kappa shape index (κ2) is 11.0. The molecule has 1 heterocycles. The summed E-state index contributed by atoms with van der Waals surface area (Å²) in [5, 5.41) is 3.44. The minimum absolute atomic E-state index is 0.00299. The molecule has 0 radical (unpaired) electrons. The Kier molecular flexibility index (Phi) is 10.4. The van der Waals surface area contributed by atoms with Gasteiger partial charge in [0.25, 0.3) is 0 Å². The van der Waals surface area contributed by atoms with Gasteiger partial charge in [0, 0.05) is 70.8 Å². The predicted octanol–water partition coefficient (Wildman–Crippen LogP) is 1.24. The summed E-state index contributed by atoms with van der Waals surface area (Å²) in [7, 11) is -9.96. The summed E-state index contributed by atoms with van der Waals surface area (Å²) in [6.07, 6.45) is 0.0227. The van der Waals surface area contributed by atoms with E-state index in [1.807, 2.05) is 35.5 Å². The lowest BCUT2D eigenvalue weighted by molar-refractivity contribution is 0.161. The largest absolute Gasteiger partial charge is 0.344 e. The number of hydrogen-bond acceptors (Lipinski definition) is 7. The minimum atomic E-state index is -3.35. The van der Waals surface area contributed by atoms with E-state index in [0.717, 1.165) is 0 Å². The molecule has 13 heteroatoms. The zero-order valence-corrected chi connectivity index (χ0v) is 21.9. The van der Waals surface area contributed by atoms with Crippen LogP contribution in [-0.4, -0.2) is 119 Å². The highest BCUT2D eigenvalue weighted by molar-refractivity contribution is 7.57. The normalized spacial score (nSPS) is 27.3. The molecule has 180 valence electrons. The first-order chi connectivity index (χ1) is 13.3. The van der Waals surface area contributed by atoms with Crippen molar-refractivity contribution in [2.45, 2.75) is 32.4 Å². The fourth-order valence-corrected chi connectivity index (χ4v) is 6.58. The maximum atomic E-state index is 12.2. The molecule has 0 amide bonds. The number of nitrogens with zero attached hydrogens (tertiary/aromatic N) is 3. The van der Waals surface area contributed by atoms with E-state index in [-0.39, 0.29) is 30.4 Å². The highest BCUT2D eigenvalue weighted by Gasteiger charge is 2.31. The fraction of sp³-hybridized carbons (Fsp3) is 1.00. The molecule has 1 saturated heterocycles. The molecular formula is C17H41N4O6P3. The van der Waals surface area contributed by atoms with E-state index in [4.69, 9.17) is 0 Å². The molecule has 1 rings (SSSR count). The van der Waals surface area contributed by atoms with Crippen LogP contribution in [0.4, 0.5) is 0 Å². The molecule has 10 nitrogen and oxygen atoms in total. The van der Waals surface area contributed by atoms with Gasteiger partial charge in [-0.2, -0.15) is 0 Å². The van der Waals surface area contributed by atoms with Crippen molar-refractivity contribution in [2.24, 2.45) is 0 Å². The van der Waals surface area contributed by atoms with Crippen LogP contribution in [0.5, 0.6) is 0 Å². The molecule has 0 bridgehead atoms. The highest BCUT2D eigenvalue weighted by Crippen LogP contribution is 2.39. The number of nitrogens with one attached hydrogen (secondary N) is 1. The van der Waals surface area contributed by atoms with Crippen LogP contribution in [0.15, 0.2) is 0 Å². The third-order valence-corrected chi connectivity index (χ3v) is 7.40. The molecule has 0 aromatic rings. The molecule has 1 fully saturated rings. The van der Waals surface area contributed by atoms with E-state index in [2.05, 4.69) is 5.32 Å². The Balaban J connectivity index is 3.18. The Morgan fingerprint density at radius 3 is 1.70 bits per heavy atom. The Labute approximate surface area is 181 Å². The van der Waals surface area contributed by atoms with Crippen molar-refractivity contribution in [2.75, 3.05) is 78.1 Å². The second-order valence-corrected chi connectivity index (χ2v) is 17.0. The first-order valence-corrected chi connectivity index (χ1v) is 17.0. The van der Waals surface area contributed by atoms with Crippen molar-refractivity contribution in [3.63, 3.8) is 0 Å². The molecule has 30 heavy (non-hydrogen) atoms.